The minimum absolute atomic E-state index is 0.0155. The second kappa shape index (κ2) is 9.95. The fourth-order valence-electron chi connectivity index (χ4n) is 3.49. The SMILES string of the molecule is CCC(=O)N1CCN(C(=O)[C@@H](NC(=O)c2ccc(C)cc2)S(=O)(=O)c2ccccc2)CC1. The molecule has 0 unspecified atom stereocenters. The van der Waals surface area contributed by atoms with Gasteiger partial charge in [-0.1, -0.05) is 42.8 Å². The third-order valence-corrected chi connectivity index (χ3v) is 7.30. The number of amides is 3. The number of aryl methyl sites for hydroxylation is 1. The van der Waals surface area contributed by atoms with Gasteiger partial charge in [-0.15, -0.1) is 0 Å². The molecule has 9 heteroatoms. The van der Waals surface area contributed by atoms with Gasteiger partial charge in [0.05, 0.1) is 4.90 Å². The van der Waals surface area contributed by atoms with Crippen molar-refractivity contribution < 1.29 is 22.8 Å². The monoisotopic (exact) mass is 457 g/mol. The maximum Gasteiger partial charge on any atom is 0.261 e. The molecule has 0 aromatic heterocycles. The van der Waals surface area contributed by atoms with E-state index in [9.17, 15) is 22.8 Å². The molecule has 1 saturated heterocycles. The zero-order chi connectivity index (χ0) is 23.3. The van der Waals surface area contributed by atoms with E-state index < -0.39 is 27.0 Å². The van der Waals surface area contributed by atoms with Gasteiger partial charge < -0.3 is 15.1 Å². The Morgan fingerprint density at radius 3 is 2.03 bits per heavy atom. The number of carbonyl (C=O) groups excluding carboxylic acids is 3. The molecule has 8 nitrogen and oxygen atoms in total. The molecule has 2 aromatic carbocycles. The summed E-state index contributed by atoms with van der Waals surface area (Å²) in [6.45, 7) is 4.68. The molecule has 0 aliphatic carbocycles. The van der Waals surface area contributed by atoms with E-state index in [-0.39, 0.29) is 29.5 Å². The van der Waals surface area contributed by atoms with Gasteiger partial charge in [0.1, 0.15) is 0 Å². The quantitative estimate of drug-likeness (QED) is 0.710. The number of piperazine rings is 1. The molecule has 1 N–H and O–H groups in total. The summed E-state index contributed by atoms with van der Waals surface area (Å²) in [5.41, 5.74) is 1.21. The van der Waals surface area contributed by atoms with Gasteiger partial charge in [-0.3, -0.25) is 14.4 Å². The average Bonchev–Trinajstić information content (AvgIpc) is 2.82. The number of sulfone groups is 1. The first-order valence-corrected chi connectivity index (χ1v) is 12.0. The van der Waals surface area contributed by atoms with Gasteiger partial charge in [0.25, 0.3) is 11.8 Å². The van der Waals surface area contributed by atoms with Crippen molar-refractivity contribution in [1.29, 1.82) is 0 Å². The minimum Gasteiger partial charge on any atom is -0.339 e. The van der Waals surface area contributed by atoms with E-state index in [2.05, 4.69) is 5.32 Å². The van der Waals surface area contributed by atoms with E-state index in [1.54, 1.807) is 54.3 Å². The number of nitrogens with zero attached hydrogens (tertiary/aromatic N) is 2. The Hall–Kier alpha value is -3.20. The number of hydrogen-bond acceptors (Lipinski definition) is 5. The summed E-state index contributed by atoms with van der Waals surface area (Å²) in [6.07, 6.45) is 0.367. The van der Waals surface area contributed by atoms with Crippen LogP contribution in [-0.4, -0.2) is 67.5 Å². The van der Waals surface area contributed by atoms with E-state index in [0.717, 1.165) is 5.56 Å². The van der Waals surface area contributed by atoms with Gasteiger partial charge in [0.15, 0.2) is 0 Å². The summed E-state index contributed by atoms with van der Waals surface area (Å²) in [7, 11) is -4.20. The van der Waals surface area contributed by atoms with Crippen molar-refractivity contribution in [2.75, 3.05) is 26.2 Å². The Morgan fingerprint density at radius 1 is 0.906 bits per heavy atom. The van der Waals surface area contributed by atoms with Gasteiger partial charge >= 0.3 is 0 Å². The van der Waals surface area contributed by atoms with Crippen LogP contribution in [0.25, 0.3) is 0 Å². The number of carbonyl (C=O) groups is 3. The molecule has 32 heavy (non-hydrogen) atoms. The van der Waals surface area contributed by atoms with Crippen LogP contribution < -0.4 is 5.32 Å². The Bertz CT molecular complexity index is 1080. The van der Waals surface area contributed by atoms with Crippen molar-refractivity contribution in [1.82, 2.24) is 15.1 Å². The number of rotatable bonds is 6. The van der Waals surface area contributed by atoms with Crippen LogP contribution in [0.3, 0.4) is 0 Å². The highest BCUT2D eigenvalue weighted by molar-refractivity contribution is 7.92. The Kier molecular flexibility index (Phi) is 7.29. The lowest BCUT2D eigenvalue weighted by Crippen LogP contribution is -2.57. The summed E-state index contributed by atoms with van der Waals surface area (Å²) in [4.78, 5) is 41.0. The maximum absolute atomic E-state index is 13.3. The molecular formula is C23H27N3O5S. The normalized spacial score (nSPS) is 15.2. The van der Waals surface area contributed by atoms with Gasteiger partial charge in [-0.25, -0.2) is 8.42 Å². The molecule has 0 bridgehead atoms. The molecule has 170 valence electrons. The molecule has 1 heterocycles. The number of hydrogen-bond donors (Lipinski definition) is 1. The van der Waals surface area contributed by atoms with Gasteiger partial charge in [0.2, 0.25) is 21.1 Å². The molecule has 1 atom stereocenters. The summed E-state index contributed by atoms with van der Waals surface area (Å²) in [5, 5.41) is 0.664. The van der Waals surface area contributed by atoms with Crippen LogP contribution in [0.5, 0.6) is 0 Å². The summed E-state index contributed by atoms with van der Waals surface area (Å²) in [6, 6.07) is 14.2. The molecular weight excluding hydrogens is 430 g/mol. The number of benzene rings is 2. The third kappa shape index (κ3) is 5.16. The zero-order valence-corrected chi connectivity index (χ0v) is 19.0. The fraction of sp³-hybridized carbons (Fsp3) is 0.348. The van der Waals surface area contributed by atoms with Crippen molar-refractivity contribution in [2.24, 2.45) is 0 Å². The first-order chi connectivity index (χ1) is 15.2. The Morgan fingerprint density at radius 2 is 1.47 bits per heavy atom. The van der Waals surface area contributed by atoms with Crippen LogP contribution in [0.1, 0.15) is 29.3 Å². The summed E-state index contributed by atoms with van der Waals surface area (Å²) in [5.74, 6) is -1.38. The molecule has 1 aliphatic rings. The van der Waals surface area contributed by atoms with E-state index in [4.69, 9.17) is 0 Å². The van der Waals surface area contributed by atoms with Gasteiger partial charge in [-0.2, -0.15) is 0 Å². The lowest BCUT2D eigenvalue weighted by atomic mass is 10.1. The Labute approximate surface area is 188 Å². The van der Waals surface area contributed by atoms with Crippen molar-refractivity contribution >= 4 is 27.6 Å². The highest BCUT2D eigenvalue weighted by Crippen LogP contribution is 2.18. The van der Waals surface area contributed by atoms with E-state index in [1.807, 2.05) is 6.92 Å². The van der Waals surface area contributed by atoms with E-state index >= 15 is 0 Å². The summed E-state index contributed by atoms with van der Waals surface area (Å²) >= 11 is 0. The fourth-order valence-corrected chi connectivity index (χ4v) is 4.98. The summed E-state index contributed by atoms with van der Waals surface area (Å²) < 4.78 is 26.7. The third-order valence-electron chi connectivity index (χ3n) is 5.43. The minimum atomic E-state index is -4.20. The molecule has 3 rings (SSSR count). The molecule has 0 saturated carbocycles. The van der Waals surface area contributed by atoms with Crippen LogP contribution >= 0.6 is 0 Å². The number of nitrogens with one attached hydrogen (secondary N) is 1. The lowest BCUT2D eigenvalue weighted by molar-refractivity contribution is -0.139. The maximum atomic E-state index is 13.3. The second-order valence-electron chi connectivity index (χ2n) is 7.64. The van der Waals surface area contributed by atoms with Crippen molar-refractivity contribution in [3.8, 4) is 0 Å². The predicted octanol–water partition coefficient (Wildman–Crippen LogP) is 1.61. The highest BCUT2D eigenvalue weighted by atomic mass is 32.2. The van der Waals surface area contributed by atoms with Crippen LogP contribution in [0.15, 0.2) is 59.5 Å². The van der Waals surface area contributed by atoms with E-state index in [0.29, 0.717) is 19.5 Å². The van der Waals surface area contributed by atoms with E-state index in [1.165, 1.54) is 17.0 Å². The molecule has 0 spiro atoms. The first kappa shape index (κ1) is 23.5. The average molecular weight is 458 g/mol. The standard InChI is InChI=1S/C23H27N3O5S/c1-3-20(27)25-13-15-26(16-14-25)23(29)22(32(30,31)19-7-5-4-6-8-19)24-21(28)18-11-9-17(2)10-12-18/h4-12,22H,3,13-16H2,1-2H3,(H,24,28)/t22-/m0/s1. The van der Waals surface area contributed by atoms with Crippen molar-refractivity contribution in [3.63, 3.8) is 0 Å². The topological polar surface area (TPSA) is 104 Å². The largest absolute Gasteiger partial charge is 0.339 e. The first-order valence-electron chi connectivity index (χ1n) is 10.5. The van der Waals surface area contributed by atoms with Crippen molar-refractivity contribution in [3.05, 3.63) is 65.7 Å². The lowest BCUT2D eigenvalue weighted by Gasteiger charge is -2.36. The molecule has 3 amide bonds. The van der Waals surface area contributed by atoms with Crippen molar-refractivity contribution in [2.45, 2.75) is 30.5 Å². The molecule has 2 aromatic rings. The zero-order valence-electron chi connectivity index (χ0n) is 18.2. The van der Waals surface area contributed by atoms with Crippen LogP contribution in [0, 0.1) is 6.92 Å². The molecule has 1 aliphatic heterocycles. The predicted molar refractivity (Wildman–Crippen MR) is 120 cm³/mol. The van der Waals surface area contributed by atoms with Crippen LogP contribution in [0.4, 0.5) is 0 Å². The van der Waals surface area contributed by atoms with Crippen LogP contribution in [0.2, 0.25) is 0 Å². The second-order valence-corrected chi connectivity index (χ2v) is 9.67. The molecule has 1 fully saturated rings. The molecule has 0 radical (unpaired) electrons. The highest BCUT2D eigenvalue weighted by Gasteiger charge is 2.39. The Balaban J connectivity index is 1.87. The van der Waals surface area contributed by atoms with Gasteiger partial charge in [-0.05, 0) is 31.2 Å². The van der Waals surface area contributed by atoms with Crippen LogP contribution in [-0.2, 0) is 19.4 Å². The van der Waals surface area contributed by atoms with Gasteiger partial charge in [0, 0.05) is 38.2 Å². The smallest absolute Gasteiger partial charge is 0.261 e.